The molecule has 0 spiro atoms. The second kappa shape index (κ2) is 8.47. The lowest BCUT2D eigenvalue weighted by atomic mass is 10.1. The third-order valence-corrected chi connectivity index (χ3v) is 2.61. The minimum absolute atomic E-state index is 0.631. The molecule has 0 aromatic carbocycles. The molecule has 0 heterocycles. The van der Waals surface area contributed by atoms with Gasteiger partial charge in [-0.05, 0) is 19.3 Å². The minimum atomic E-state index is 0.631. The third kappa shape index (κ3) is 9.79. The van der Waals surface area contributed by atoms with Gasteiger partial charge in [0, 0.05) is 18.3 Å². The SMILES string of the molecule is C#CCSCCNC(C)CC(C)C. The zero-order valence-electron chi connectivity index (χ0n) is 8.97. The zero-order valence-corrected chi connectivity index (χ0v) is 9.79. The fourth-order valence-corrected chi connectivity index (χ4v) is 1.82. The van der Waals surface area contributed by atoms with Gasteiger partial charge in [-0.2, -0.15) is 0 Å². The predicted molar refractivity (Wildman–Crippen MR) is 63.1 cm³/mol. The van der Waals surface area contributed by atoms with E-state index in [0.29, 0.717) is 6.04 Å². The summed E-state index contributed by atoms with van der Waals surface area (Å²) in [6.45, 7) is 7.82. The van der Waals surface area contributed by atoms with E-state index in [9.17, 15) is 0 Å². The van der Waals surface area contributed by atoms with Gasteiger partial charge in [0.2, 0.25) is 0 Å². The average Bonchev–Trinajstić information content (AvgIpc) is 2.02. The highest BCUT2D eigenvalue weighted by molar-refractivity contribution is 7.99. The lowest BCUT2D eigenvalue weighted by Gasteiger charge is -2.15. The van der Waals surface area contributed by atoms with Crippen LogP contribution in [0.25, 0.3) is 0 Å². The summed E-state index contributed by atoms with van der Waals surface area (Å²) < 4.78 is 0. The van der Waals surface area contributed by atoms with E-state index in [2.05, 4.69) is 32.0 Å². The Kier molecular flexibility index (Phi) is 8.38. The lowest BCUT2D eigenvalue weighted by Crippen LogP contribution is -2.29. The lowest BCUT2D eigenvalue weighted by molar-refractivity contribution is 0.452. The maximum atomic E-state index is 5.15. The number of hydrogen-bond donors (Lipinski definition) is 1. The molecule has 0 amide bonds. The molecular weight excluding hydrogens is 178 g/mol. The van der Waals surface area contributed by atoms with Gasteiger partial charge in [-0.15, -0.1) is 18.2 Å². The quantitative estimate of drug-likeness (QED) is 0.499. The first-order valence-corrected chi connectivity index (χ1v) is 6.07. The summed E-state index contributed by atoms with van der Waals surface area (Å²) in [5, 5.41) is 3.48. The monoisotopic (exact) mass is 199 g/mol. The Bertz CT molecular complexity index is 149. The van der Waals surface area contributed by atoms with Gasteiger partial charge in [0.25, 0.3) is 0 Å². The van der Waals surface area contributed by atoms with Crippen LogP contribution in [0.2, 0.25) is 0 Å². The Balaban J connectivity index is 3.18. The van der Waals surface area contributed by atoms with Gasteiger partial charge in [0.15, 0.2) is 0 Å². The predicted octanol–water partition coefficient (Wildman–Crippen LogP) is 2.38. The van der Waals surface area contributed by atoms with Gasteiger partial charge in [-0.25, -0.2) is 0 Å². The van der Waals surface area contributed by atoms with E-state index < -0.39 is 0 Å². The number of hydrogen-bond acceptors (Lipinski definition) is 2. The first kappa shape index (κ1) is 12.9. The van der Waals surface area contributed by atoms with E-state index in [0.717, 1.165) is 24.0 Å². The Labute approximate surface area is 87.1 Å². The van der Waals surface area contributed by atoms with Crippen molar-refractivity contribution in [1.29, 1.82) is 0 Å². The van der Waals surface area contributed by atoms with Crippen molar-refractivity contribution in [2.24, 2.45) is 5.92 Å². The van der Waals surface area contributed by atoms with Crippen molar-refractivity contribution in [2.75, 3.05) is 18.1 Å². The van der Waals surface area contributed by atoms with Gasteiger partial charge in [-0.3, -0.25) is 0 Å². The molecule has 0 saturated heterocycles. The Morgan fingerprint density at radius 2 is 2.08 bits per heavy atom. The van der Waals surface area contributed by atoms with E-state index in [4.69, 9.17) is 6.42 Å². The van der Waals surface area contributed by atoms with Crippen molar-refractivity contribution < 1.29 is 0 Å². The summed E-state index contributed by atoms with van der Waals surface area (Å²) in [5.41, 5.74) is 0. The van der Waals surface area contributed by atoms with Gasteiger partial charge < -0.3 is 5.32 Å². The van der Waals surface area contributed by atoms with Crippen LogP contribution in [0.1, 0.15) is 27.2 Å². The second-order valence-electron chi connectivity index (χ2n) is 3.74. The second-order valence-corrected chi connectivity index (χ2v) is 4.85. The zero-order chi connectivity index (χ0) is 10.1. The fourth-order valence-electron chi connectivity index (χ4n) is 1.30. The maximum absolute atomic E-state index is 5.15. The first-order valence-electron chi connectivity index (χ1n) is 4.91. The molecule has 0 aromatic heterocycles. The molecule has 1 nitrogen and oxygen atoms in total. The Morgan fingerprint density at radius 3 is 2.62 bits per heavy atom. The summed E-state index contributed by atoms with van der Waals surface area (Å²) in [6, 6.07) is 0.631. The molecule has 0 fully saturated rings. The van der Waals surface area contributed by atoms with Crippen LogP contribution in [0.5, 0.6) is 0 Å². The summed E-state index contributed by atoms with van der Waals surface area (Å²) in [5.74, 6) is 5.35. The van der Waals surface area contributed by atoms with E-state index >= 15 is 0 Å². The van der Waals surface area contributed by atoms with E-state index in [1.165, 1.54) is 6.42 Å². The topological polar surface area (TPSA) is 12.0 Å². The van der Waals surface area contributed by atoms with Crippen molar-refractivity contribution in [3.05, 3.63) is 0 Å². The van der Waals surface area contributed by atoms with Gasteiger partial charge in [-0.1, -0.05) is 19.8 Å². The molecule has 1 atom stereocenters. The molecule has 1 unspecified atom stereocenters. The van der Waals surface area contributed by atoms with Gasteiger partial charge in [0.1, 0.15) is 0 Å². The molecular formula is C11H21NS. The molecule has 0 aliphatic heterocycles. The Hall–Kier alpha value is -0.130. The van der Waals surface area contributed by atoms with E-state index in [-0.39, 0.29) is 0 Å². The van der Waals surface area contributed by atoms with Crippen LogP contribution in [0.15, 0.2) is 0 Å². The summed E-state index contributed by atoms with van der Waals surface area (Å²) in [4.78, 5) is 0. The molecule has 0 aromatic rings. The average molecular weight is 199 g/mol. The molecule has 0 bridgehead atoms. The molecule has 1 N–H and O–H groups in total. The summed E-state index contributed by atoms with van der Waals surface area (Å²) in [7, 11) is 0. The van der Waals surface area contributed by atoms with Crippen molar-refractivity contribution >= 4 is 11.8 Å². The van der Waals surface area contributed by atoms with Crippen molar-refractivity contribution in [3.63, 3.8) is 0 Å². The summed E-state index contributed by atoms with van der Waals surface area (Å²) >= 11 is 1.82. The summed E-state index contributed by atoms with van der Waals surface area (Å²) in [6.07, 6.45) is 6.40. The number of nitrogens with one attached hydrogen (secondary N) is 1. The van der Waals surface area contributed by atoms with Crippen LogP contribution in [-0.4, -0.2) is 24.1 Å². The minimum Gasteiger partial charge on any atom is -0.313 e. The van der Waals surface area contributed by atoms with Crippen LogP contribution in [0.4, 0.5) is 0 Å². The van der Waals surface area contributed by atoms with Crippen LogP contribution in [0, 0.1) is 18.3 Å². The molecule has 0 aliphatic carbocycles. The fraction of sp³-hybridized carbons (Fsp3) is 0.818. The highest BCUT2D eigenvalue weighted by Gasteiger charge is 2.02. The van der Waals surface area contributed by atoms with E-state index in [1.54, 1.807) is 0 Å². The molecule has 0 aliphatic rings. The highest BCUT2D eigenvalue weighted by Crippen LogP contribution is 2.04. The number of terminal acetylenes is 1. The highest BCUT2D eigenvalue weighted by atomic mass is 32.2. The van der Waals surface area contributed by atoms with Crippen LogP contribution in [-0.2, 0) is 0 Å². The molecule has 76 valence electrons. The molecule has 0 saturated carbocycles. The first-order chi connectivity index (χ1) is 6.16. The largest absolute Gasteiger partial charge is 0.313 e. The van der Waals surface area contributed by atoms with Gasteiger partial charge in [0.05, 0.1) is 5.75 Å². The standard InChI is InChI=1S/C11H21NS/c1-5-7-13-8-6-12-11(4)9-10(2)3/h1,10-12H,6-9H2,2-4H3. The van der Waals surface area contributed by atoms with Gasteiger partial charge >= 0.3 is 0 Å². The van der Waals surface area contributed by atoms with Crippen molar-refractivity contribution in [2.45, 2.75) is 33.2 Å². The van der Waals surface area contributed by atoms with Crippen LogP contribution >= 0.6 is 11.8 Å². The van der Waals surface area contributed by atoms with Crippen LogP contribution < -0.4 is 5.32 Å². The normalized spacial score (nSPS) is 12.8. The molecule has 0 radical (unpaired) electrons. The molecule has 0 rings (SSSR count). The third-order valence-electron chi connectivity index (χ3n) is 1.75. The molecule has 13 heavy (non-hydrogen) atoms. The smallest absolute Gasteiger partial charge is 0.0545 e. The molecule has 2 heteroatoms. The number of rotatable bonds is 7. The van der Waals surface area contributed by atoms with E-state index in [1.807, 2.05) is 11.8 Å². The van der Waals surface area contributed by atoms with Crippen molar-refractivity contribution in [3.8, 4) is 12.3 Å². The van der Waals surface area contributed by atoms with Crippen molar-refractivity contribution in [1.82, 2.24) is 5.32 Å². The van der Waals surface area contributed by atoms with Crippen LogP contribution in [0.3, 0.4) is 0 Å². The maximum Gasteiger partial charge on any atom is 0.0545 e. The number of thioether (sulfide) groups is 1. The Morgan fingerprint density at radius 1 is 1.38 bits per heavy atom.